The van der Waals surface area contributed by atoms with Gasteiger partial charge in [0.15, 0.2) is 34.8 Å². The molecule has 0 saturated carbocycles. The zero-order valence-electron chi connectivity index (χ0n) is 23.6. The number of halogens is 4. The van der Waals surface area contributed by atoms with Crippen LogP contribution in [0, 0.1) is 23.3 Å². The minimum Gasteiger partial charge on any atom is -0.505 e. The number of hydrogen-bond donors (Lipinski definition) is 2. The number of likely N-dealkylation sites (N-methyl/N-ethyl adjacent to an activating group) is 1. The molecular formula is C30H30F4N6O3. The number of aromatic nitrogens is 2. The predicted molar refractivity (Wildman–Crippen MR) is 153 cm³/mol. The second kappa shape index (κ2) is 11.4. The molecule has 1 saturated heterocycles. The fraction of sp³-hybridized carbons (Fsp3) is 0.333. The second-order valence-corrected chi connectivity index (χ2v) is 10.6. The molecule has 0 unspecified atom stereocenters. The Bertz CT molecular complexity index is 1710. The van der Waals surface area contributed by atoms with E-state index in [1.807, 2.05) is 6.07 Å². The zero-order valence-corrected chi connectivity index (χ0v) is 23.6. The van der Waals surface area contributed by atoms with Crippen molar-refractivity contribution in [1.82, 2.24) is 19.8 Å². The van der Waals surface area contributed by atoms with Crippen LogP contribution in [0.2, 0.25) is 0 Å². The Morgan fingerprint density at radius 2 is 1.74 bits per heavy atom. The van der Waals surface area contributed by atoms with E-state index in [0.29, 0.717) is 27.9 Å². The SMILES string of the molecule is CCN1CCN(CCc2cc3c4c(cnc3[nH]2)CN(c2c(F)c(O)cc(OC)c2F)C(=O)N4c2cccc(F)c2F)CC1. The summed E-state index contributed by atoms with van der Waals surface area (Å²) in [6, 6.07) is 4.84. The van der Waals surface area contributed by atoms with Crippen molar-refractivity contribution >= 4 is 34.1 Å². The van der Waals surface area contributed by atoms with Crippen LogP contribution in [-0.4, -0.2) is 77.3 Å². The smallest absolute Gasteiger partial charge is 0.334 e. The summed E-state index contributed by atoms with van der Waals surface area (Å²) in [7, 11) is 1.12. The number of nitrogens with zero attached hydrogens (tertiary/aromatic N) is 5. The lowest BCUT2D eigenvalue weighted by molar-refractivity contribution is 0.138. The molecule has 0 radical (unpaired) electrons. The number of urea groups is 1. The minimum atomic E-state index is -1.41. The normalized spacial score (nSPS) is 16.3. The van der Waals surface area contributed by atoms with Crippen molar-refractivity contribution < 1.29 is 32.2 Å². The highest BCUT2D eigenvalue weighted by molar-refractivity contribution is 6.15. The molecule has 226 valence electrons. The van der Waals surface area contributed by atoms with E-state index in [1.165, 1.54) is 18.3 Å². The van der Waals surface area contributed by atoms with Crippen LogP contribution in [0.4, 0.5) is 39.4 Å². The van der Waals surface area contributed by atoms with Gasteiger partial charge in [-0.2, -0.15) is 0 Å². The van der Waals surface area contributed by atoms with Gasteiger partial charge in [0.25, 0.3) is 0 Å². The molecule has 0 aliphatic carbocycles. The fourth-order valence-electron chi connectivity index (χ4n) is 5.77. The molecule has 9 nitrogen and oxygen atoms in total. The molecule has 13 heteroatoms. The summed E-state index contributed by atoms with van der Waals surface area (Å²) in [5.41, 5.74) is 0.434. The Balaban J connectivity index is 1.44. The number of aromatic hydroxyl groups is 1. The van der Waals surface area contributed by atoms with Crippen LogP contribution >= 0.6 is 0 Å². The van der Waals surface area contributed by atoms with Gasteiger partial charge >= 0.3 is 6.03 Å². The van der Waals surface area contributed by atoms with Gasteiger partial charge in [-0.1, -0.05) is 13.0 Å². The number of ether oxygens (including phenoxy) is 1. The first kappa shape index (κ1) is 28.7. The number of H-pyrrole nitrogens is 1. The summed E-state index contributed by atoms with van der Waals surface area (Å²) in [4.78, 5) is 28.2. The average molecular weight is 599 g/mol. The Morgan fingerprint density at radius 1 is 1.00 bits per heavy atom. The third-order valence-electron chi connectivity index (χ3n) is 8.13. The lowest BCUT2D eigenvalue weighted by Gasteiger charge is -2.37. The van der Waals surface area contributed by atoms with Crippen molar-refractivity contribution in [2.24, 2.45) is 0 Å². The van der Waals surface area contributed by atoms with E-state index in [1.54, 1.807) is 0 Å². The largest absolute Gasteiger partial charge is 0.505 e. The fourth-order valence-corrected chi connectivity index (χ4v) is 5.77. The molecule has 2 amide bonds. The molecule has 2 aliphatic heterocycles. The van der Waals surface area contributed by atoms with Crippen LogP contribution in [-0.2, 0) is 13.0 Å². The molecule has 0 spiro atoms. The standard InChI is InChI=1S/C30H30F4N6O3/c1-3-37-9-11-38(12-10-37)8-7-18-13-19-27-17(15-35-29(19)36-18)16-39(28-25(33)22(41)14-23(43-2)26(28)34)30(42)40(27)21-6-4-5-20(31)24(21)32/h4-6,13-15,41H,3,7-12,16H2,1-2H3,(H,35,36). The number of rotatable bonds is 7. The summed E-state index contributed by atoms with van der Waals surface area (Å²) in [5, 5.41) is 10.6. The van der Waals surface area contributed by atoms with Crippen molar-refractivity contribution in [1.29, 1.82) is 0 Å². The summed E-state index contributed by atoms with van der Waals surface area (Å²) in [5.74, 6) is -6.63. The molecule has 1 fully saturated rings. The van der Waals surface area contributed by atoms with Gasteiger partial charge in [-0.05, 0) is 24.7 Å². The van der Waals surface area contributed by atoms with Gasteiger partial charge in [0.2, 0.25) is 0 Å². The molecule has 2 aliphatic rings. The first-order valence-corrected chi connectivity index (χ1v) is 14.0. The lowest BCUT2D eigenvalue weighted by atomic mass is 10.1. The molecular weight excluding hydrogens is 568 g/mol. The van der Waals surface area contributed by atoms with Crippen molar-refractivity contribution in [2.75, 3.05) is 56.2 Å². The van der Waals surface area contributed by atoms with Crippen molar-refractivity contribution in [2.45, 2.75) is 19.9 Å². The van der Waals surface area contributed by atoms with Crippen LogP contribution in [0.3, 0.4) is 0 Å². The quantitative estimate of drug-likeness (QED) is 0.281. The number of benzene rings is 2. The van der Waals surface area contributed by atoms with E-state index in [0.717, 1.165) is 69.1 Å². The summed E-state index contributed by atoms with van der Waals surface area (Å²) in [6.07, 6.45) is 2.08. The van der Waals surface area contributed by atoms with E-state index in [4.69, 9.17) is 4.74 Å². The zero-order chi connectivity index (χ0) is 30.4. The predicted octanol–water partition coefficient (Wildman–Crippen LogP) is 5.29. The average Bonchev–Trinajstić information content (AvgIpc) is 3.44. The minimum absolute atomic E-state index is 0.211. The van der Waals surface area contributed by atoms with Gasteiger partial charge < -0.3 is 24.6 Å². The van der Waals surface area contributed by atoms with E-state index < -0.39 is 52.2 Å². The van der Waals surface area contributed by atoms with Crippen molar-refractivity contribution in [3.8, 4) is 11.5 Å². The van der Waals surface area contributed by atoms with E-state index >= 15 is 13.2 Å². The van der Waals surface area contributed by atoms with Crippen LogP contribution in [0.25, 0.3) is 11.0 Å². The maximum absolute atomic E-state index is 15.4. The Labute approximate surface area is 244 Å². The number of amides is 2. The van der Waals surface area contributed by atoms with Gasteiger partial charge in [0, 0.05) is 68.1 Å². The highest BCUT2D eigenvalue weighted by atomic mass is 19.2. The topological polar surface area (TPSA) is 88.2 Å². The first-order chi connectivity index (χ1) is 20.7. The molecule has 2 aromatic carbocycles. The number of methoxy groups -OCH3 is 1. The number of piperazine rings is 1. The maximum atomic E-state index is 15.4. The molecule has 4 aromatic rings. The molecule has 43 heavy (non-hydrogen) atoms. The van der Waals surface area contributed by atoms with Gasteiger partial charge in [-0.3, -0.25) is 9.80 Å². The third kappa shape index (κ3) is 5.01. The Morgan fingerprint density at radius 3 is 2.47 bits per heavy atom. The van der Waals surface area contributed by atoms with Gasteiger partial charge in [0.1, 0.15) is 11.3 Å². The number of phenols is 1. The molecule has 4 heterocycles. The number of phenolic OH excluding ortho intramolecular Hbond substituents is 1. The maximum Gasteiger partial charge on any atom is 0.334 e. The van der Waals surface area contributed by atoms with Gasteiger partial charge in [0.05, 0.1) is 25.0 Å². The number of aromatic amines is 1. The summed E-state index contributed by atoms with van der Waals surface area (Å²) >= 11 is 0. The van der Waals surface area contributed by atoms with Crippen LogP contribution < -0.4 is 14.5 Å². The number of carbonyl (C=O) groups excluding carboxylic acids is 1. The molecule has 0 bridgehead atoms. The number of anilines is 3. The second-order valence-electron chi connectivity index (χ2n) is 10.6. The van der Waals surface area contributed by atoms with Crippen LogP contribution in [0.15, 0.2) is 36.5 Å². The third-order valence-corrected chi connectivity index (χ3v) is 8.13. The van der Waals surface area contributed by atoms with Gasteiger partial charge in [-0.15, -0.1) is 0 Å². The highest BCUT2D eigenvalue weighted by Crippen LogP contribution is 2.45. The van der Waals surface area contributed by atoms with Crippen molar-refractivity contribution in [3.63, 3.8) is 0 Å². The number of carbonyl (C=O) groups is 1. The molecule has 2 aromatic heterocycles. The monoisotopic (exact) mass is 598 g/mol. The number of hydrogen-bond acceptors (Lipinski definition) is 6. The lowest BCUT2D eigenvalue weighted by Crippen LogP contribution is -2.46. The Kier molecular flexibility index (Phi) is 7.61. The summed E-state index contributed by atoms with van der Waals surface area (Å²) in [6.45, 7) is 7.48. The van der Waals surface area contributed by atoms with Crippen LogP contribution in [0.1, 0.15) is 18.2 Å². The van der Waals surface area contributed by atoms with Crippen molar-refractivity contribution in [3.05, 3.63) is 71.1 Å². The Hall–Kier alpha value is -4.36. The molecule has 6 rings (SSSR count). The first-order valence-electron chi connectivity index (χ1n) is 14.0. The van der Waals surface area contributed by atoms with E-state index in [9.17, 15) is 14.3 Å². The highest BCUT2D eigenvalue weighted by Gasteiger charge is 2.39. The van der Waals surface area contributed by atoms with Crippen LogP contribution in [0.5, 0.6) is 11.5 Å². The van der Waals surface area contributed by atoms with Gasteiger partial charge in [-0.25, -0.2) is 27.3 Å². The molecule has 2 N–H and O–H groups in total. The van der Waals surface area contributed by atoms with E-state index in [-0.39, 0.29) is 12.2 Å². The number of pyridine rings is 1. The number of fused-ring (bicyclic) bond motifs is 3. The van der Waals surface area contributed by atoms with E-state index in [2.05, 4.69) is 26.7 Å². The number of nitrogens with one attached hydrogen (secondary N) is 1. The summed E-state index contributed by atoms with van der Waals surface area (Å²) < 4.78 is 65.3. The molecule has 0 atom stereocenters.